The van der Waals surface area contributed by atoms with Gasteiger partial charge < -0.3 is 10.4 Å². The van der Waals surface area contributed by atoms with Crippen LogP contribution in [-0.2, 0) is 4.79 Å². The van der Waals surface area contributed by atoms with Gasteiger partial charge in [0.15, 0.2) is 6.04 Å². The van der Waals surface area contributed by atoms with Gasteiger partial charge in [0.05, 0.1) is 0 Å². The molecule has 0 heterocycles. The van der Waals surface area contributed by atoms with Crippen molar-refractivity contribution in [3.63, 3.8) is 0 Å². The van der Waals surface area contributed by atoms with Gasteiger partial charge in [-0.25, -0.2) is 4.79 Å². The number of rotatable bonds is 4. The van der Waals surface area contributed by atoms with E-state index in [0.29, 0.717) is 10.7 Å². The van der Waals surface area contributed by atoms with Crippen LogP contribution in [0.15, 0.2) is 36.4 Å². The van der Waals surface area contributed by atoms with Crippen molar-refractivity contribution in [3.05, 3.63) is 63.7 Å². The number of halogens is 1. The molecule has 110 valence electrons. The van der Waals surface area contributed by atoms with Crippen molar-refractivity contribution in [1.82, 2.24) is 0 Å². The first-order valence-electron chi connectivity index (χ1n) is 6.71. The second kappa shape index (κ2) is 6.19. The van der Waals surface area contributed by atoms with Crippen LogP contribution < -0.4 is 5.32 Å². The molecule has 3 nitrogen and oxygen atoms in total. The number of carboxylic acids is 1. The van der Waals surface area contributed by atoms with E-state index >= 15 is 0 Å². The highest BCUT2D eigenvalue weighted by atomic mass is 35.5. The predicted molar refractivity (Wildman–Crippen MR) is 86.1 cm³/mol. The van der Waals surface area contributed by atoms with E-state index in [1.807, 2.05) is 32.9 Å². The summed E-state index contributed by atoms with van der Waals surface area (Å²) in [5.41, 5.74) is 4.55. The molecule has 2 N–H and O–H groups in total. The van der Waals surface area contributed by atoms with E-state index in [-0.39, 0.29) is 0 Å². The fourth-order valence-electron chi connectivity index (χ4n) is 2.65. The van der Waals surface area contributed by atoms with E-state index < -0.39 is 12.0 Å². The fraction of sp³-hybridized carbons (Fsp3) is 0.235. The Bertz CT molecular complexity index is 659. The van der Waals surface area contributed by atoms with Crippen molar-refractivity contribution in [2.75, 3.05) is 5.32 Å². The zero-order valence-corrected chi connectivity index (χ0v) is 13.0. The lowest BCUT2D eigenvalue weighted by Gasteiger charge is -2.21. The summed E-state index contributed by atoms with van der Waals surface area (Å²) in [5.74, 6) is -0.912. The van der Waals surface area contributed by atoms with Crippen LogP contribution in [0, 0.1) is 20.8 Å². The van der Waals surface area contributed by atoms with Crippen LogP contribution in [-0.4, -0.2) is 11.1 Å². The number of nitrogens with one attached hydrogen (secondary N) is 1. The molecule has 4 heteroatoms. The third-order valence-electron chi connectivity index (χ3n) is 3.41. The Morgan fingerprint density at radius 3 is 2.29 bits per heavy atom. The first-order valence-corrected chi connectivity index (χ1v) is 7.09. The molecule has 0 saturated carbocycles. The van der Waals surface area contributed by atoms with Crippen LogP contribution in [0.1, 0.15) is 28.3 Å². The predicted octanol–water partition coefficient (Wildman–Crippen LogP) is 4.50. The Kier molecular flexibility index (Phi) is 4.53. The van der Waals surface area contributed by atoms with E-state index in [2.05, 4.69) is 5.32 Å². The van der Waals surface area contributed by atoms with Gasteiger partial charge >= 0.3 is 5.97 Å². The minimum Gasteiger partial charge on any atom is -0.479 e. The number of carboxylic acid groups (broad SMARTS) is 1. The lowest BCUT2D eigenvalue weighted by Crippen LogP contribution is -2.22. The molecule has 2 rings (SSSR count). The van der Waals surface area contributed by atoms with E-state index in [9.17, 15) is 9.90 Å². The molecule has 0 saturated heterocycles. The Morgan fingerprint density at radius 1 is 1.14 bits per heavy atom. The molecule has 0 aliphatic rings. The smallest absolute Gasteiger partial charge is 0.330 e. The molecule has 0 fully saturated rings. The van der Waals surface area contributed by atoms with Crippen LogP contribution in [0.25, 0.3) is 0 Å². The highest BCUT2D eigenvalue weighted by molar-refractivity contribution is 6.30. The zero-order valence-electron chi connectivity index (χ0n) is 12.3. The van der Waals surface area contributed by atoms with Gasteiger partial charge in [0.2, 0.25) is 0 Å². The SMILES string of the molecule is Cc1cc(C)c(C(Nc2cccc(Cl)c2)C(=O)O)c(C)c1. The topological polar surface area (TPSA) is 49.3 Å². The summed E-state index contributed by atoms with van der Waals surface area (Å²) in [4.78, 5) is 11.7. The molecule has 2 aromatic carbocycles. The number of benzene rings is 2. The summed E-state index contributed by atoms with van der Waals surface area (Å²) in [6, 6.07) is 10.3. The first kappa shape index (κ1) is 15.4. The van der Waals surface area contributed by atoms with Crippen molar-refractivity contribution in [2.24, 2.45) is 0 Å². The molecule has 21 heavy (non-hydrogen) atoms. The molecule has 0 radical (unpaired) electrons. The Morgan fingerprint density at radius 2 is 1.76 bits per heavy atom. The quantitative estimate of drug-likeness (QED) is 0.874. The maximum absolute atomic E-state index is 11.7. The average molecular weight is 304 g/mol. The Labute approximate surface area is 129 Å². The van der Waals surface area contributed by atoms with Gasteiger partial charge in [0.25, 0.3) is 0 Å². The summed E-state index contributed by atoms with van der Waals surface area (Å²) < 4.78 is 0. The fourth-order valence-corrected chi connectivity index (χ4v) is 2.84. The van der Waals surface area contributed by atoms with Crippen LogP contribution >= 0.6 is 11.6 Å². The Hall–Kier alpha value is -2.00. The molecule has 0 aliphatic heterocycles. The molecule has 0 aliphatic carbocycles. The summed E-state index contributed by atoms with van der Waals surface area (Å²) >= 11 is 5.95. The van der Waals surface area contributed by atoms with Gasteiger partial charge in [-0.1, -0.05) is 35.4 Å². The maximum Gasteiger partial charge on any atom is 0.330 e. The van der Waals surface area contributed by atoms with Crippen molar-refractivity contribution in [2.45, 2.75) is 26.8 Å². The molecule has 1 unspecified atom stereocenters. The summed E-state index contributed by atoms with van der Waals surface area (Å²) in [7, 11) is 0. The number of aryl methyl sites for hydroxylation is 3. The van der Waals surface area contributed by atoms with Crippen molar-refractivity contribution in [3.8, 4) is 0 Å². The van der Waals surface area contributed by atoms with Gasteiger partial charge in [-0.15, -0.1) is 0 Å². The molecular weight excluding hydrogens is 286 g/mol. The second-order valence-electron chi connectivity index (χ2n) is 5.24. The number of hydrogen-bond acceptors (Lipinski definition) is 2. The van der Waals surface area contributed by atoms with Crippen molar-refractivity contribution >= 4 is 23.3 Å². The molecule has 0 aromatic heterocycles. The van der Waals surface area contributed by atoms with E-state index in [1.54, 1.807) is 24.3 Å². The van der Waals surface area contributed by atoms with Crippen molar-refractivity contribution in [1.29, 1.82) is 0 Å². The van der Waals surface area contributed by atoms with Gasteiger partial charge in [-0.2, -0.15) is 0 Å². The van der Waals surface area contributed by atoms with Crippen molar-refractivity contribution < 1.29 is 9.90 Å². The highest BCUT2D eigenvalue weighted by Gasteiger charge is 2.23. The molecule has 0 bridgehead atoms. The maximum atomic E-state index is 11.7. The van der Waals surface area contributed by atoms with Crippen LogP contribution in [0.3, 0.4) is 0 Å². The van der Waals surface area contributed by atoms with Gasteiger partial charge in [0.1, 0.15) is 0 Å². The number of carbonyl (C=O) groups is 1. The molecular formula is C17H18ClNO2. The van der Waals surface area contributed by atoms with Gasteiger partial charge in [-0.3, -0.25) is 0 Å². The van der Waals surface area contributed by atoms with E-state index in [0.717, 1.165) is 22.3 Å². The van der Waals surface area contributed by atoms with Gasteiger partial charge in [0, 0.05) is 10.7 Å². The van der Waals surface area contributed by atoms with E-state index in [1.165, 1.54) is 0 Å². The zero-order chi connectivity index (χ0) is 15.6. The lowest BCUT2D eigenvalue weighted by molar-refractivity contribution is -0.138. The largest absolute Gasteiger partial charge is 0.479 e. The summed E-state index contributed by atoms with van der Waals surface area (Å²) in [6.07, 6.45) is 0. The van der Waals surface area contributed by atoms with Gasteiger partial charge in [-0.05, 0) is 55.7 Å². The summed E-state index contributed by atoms with van der Waals surface area (Å²) in [5, 5.41) is 13.2. The number of anilines is 1. The lowest BCUT2D eigenvalue weighted by atomic mass is 9.94. The molecule has 1 atom stereocenters. The number of hydrogen-bond donors (Lipinski definition) is 2. The minimum atomic E-state index is -0.912. The summed E-state index contributed by atoms with van der Waals surface area (Å²) in [6.45, 7) is 5.87. The van der Waals surface area contributed by atoms with Crippen LogP contribution in [0.4, 0.5) is 5.69 Å². The third kappa shape index (κ3) is 3.56. The monoisotopic (exact) mass is 303 g/mol. The minimum absolute atomic E-state index is 0.571. The second-order valence-corrected chi connectivity index (χ2v) is 5.67. The Balaban J connectivity index is 2.43. The molecule has 0 spiro atoms. The van der Waals surface area contributed by atoms with Crippen LogP contribution in [0.5, 0.6) is 0 Å². The van der Waals surface area contributed by atoms with Crippen LogP contribution in [0.2, 0.25) is 5.02 Å². The third-order valence-corrected chi connectivity index (χ3v) is 3.64. The standard InChI is InChI=1S/C17H18ClNO2/c1-10-7-11(2)15(12(3)8-10)16(17(20)21)19-14-6-4-5-13(18)9-14/h4-9,16,19H,1-3H3,(H,20,21). The average Bonchev–Trinajstić information content (AvgIpc) is 2.36. The van der Waals surface area contributed by atoms with E-state index in [4.69, 9.17) is 11.6 Å². The molecule has 0 amide bonds. The first-order chi connectivity index (χ1) is 9.88. The number of aliphatic carboxylic acids is 1. The molecule has 2 aromatic rings. The highest BCUT2D eigenvalue weighted by Crippen LogP contribution is 2.28. The normalized spacial score (nSPS) is 12.0.